The first-order chi connectivity index (χ1) is 10.2. The van der Waals surface area contributed by atoms with Crippen molar-refractivity contribution in [2.75, 3.05) is 11.5 Å². The molecule has 3 rings (SSSR count). The number of rotatable bonds is 3. The molecule has 2 aromatic rings. The second-order valence-electron chi connectivity index (χ2n) is 5.58. The van der Waals surface area contributed by atoms with Gasteiger partial charge in [0.2, 0.25) is 0 Å². The fraction of sp³-hybridized carbons (Fsp3) is 0.389. The Bertz CT molecular complexity index is 583. The van der Waals surface area contributed by atoms with Gasteiger partial charge in [-0.05, 0) is 73.6 Å². The Morgan fingerprint density at radius 3 is 2.43 bits per heavy atom. The van der Waals surface area contributed by atoms with Crippen molar-refractivity contribution < 1.29 is 4.74 Å². The summed E-state index contributed by atoms with van der Waals surface area (Å²) >= 11 is 2.03. The number of nitrogens with zero attached hydrogens (tertiary/aromatic N) is 1. The van der Waals surface area contributed by atoms with Crippen molar-refractivity contribution in [1.82, 2.24) is 4.98 Å². The Kier molecular flexibility index (Phi) is 4.49. The quantitative estimate of drug-likeness (QED) is 0.824. The maximum atomic E-state index is 6.17. The molecule has 0 saturated carbocycles. The van der Waals surface area contributed by atoms with Crippen LogP contribution in [0.2, 0.25) is 0 Å². The van der Waals surface area contributed by atoms with E-state index in [1.807, 2.05) is 30.1 Å². The monoisotopic (exact) mass is 299 g/mol. The summed E-state index contributed by atoms with van der Waals surface area (Å²) in [4.78, 5) is 4.47. The summed E-state index contributed by atoms with van der Waals surface area (Å²) in [5, 5.41) is 0. The maximum Gasteiger partial charge on any atom is 0.120 e. The van der Waals surface area contributed by atoms with Gasteiger partial charge in [-0.1, -0.05) is 6.07 Å². The van der Waals surface area contributed by atoms with Crippen molar-refractivity contribution in [2.45, 2.75) is 32.8 Å². The lowest BCUT2D eigenvalue weighted by molar-refractivity contribution is 0.192. The summed E-state index contributed by atoms with van der Waals surface area (Å²) in [6.07, 6.45) is 4.54. The normalized spacial score (nSPS) is 15.9. The standard InChI is InChI=1S/C18H21NOS/c1-13-11-16(20-15-6-9-21-10-7-15)12-14(2)18(13)17-5-3-4-8-19-17/h3-5,8,11-12,15H,6-7,9-10H2,1-2H3. The van der Waals surface area contributed by atoms with Crippen LogP contribution in [-0.4, -0.2) is 22.6 Å². The molecule has 1 aliphatic rings. The molecular formula is C18H21NOS. The minimum atomic E-state index is 0.380. The Balaban J connectivity index is 1.85. The Morgan fingerprint density at radius 2 is 1.81 bits per heavy atom. The van der Waals surface area contributed by atoms with E-state index in [0.717, 1.165) is 24.3 Å². The van der Waals surface area contributed by atoms with E-state index in [2.05, 4.69) is 37.0 Å². The van der Waals surface area contributed by atoms with E-state index >= 15 is 0 Å². The Labute approximate surface area is 130 Å². The molecule has 0 radical (unpaired) electrons. The van der Waals surface area contributed by atoms with Gasteiger partial charge in [0.05, 0.1) is 5.69 Å². The molecule has 0 unspecified atom stereocenters. The lowest BCUT2D eigenvalue weighted by Gasteiger charge is -2.23. The van der Waals surface area contributed by atoms with Crippen LogP contribution in [0.3, 0.4) is 0 Å². The first-order valence-corrected chi connectivity index (χ1v) is 8.66. The summed E-state index contributed by atoms with van der Waals surface area (Å²) in [7, 11) is 0. The van der Waals surface area contributed by atoms with Crippen LogP contribution in [0, 0.1) is 13.8 Å². The second kappa shape index (κ2) is 6.52. The van der Waals surface area contributed by atoms with Crippen molar-refractivity contribution in [1.29, 1.82) is 0 Å². The third-order valence-electron chi connectivity index (χ3n) is 3.90. The lowest BCUT2D eigenvalue weighted by Crippen LogP contribution is -2.22. The van der Waals surface area contributed by atoms with Gasteiger partial charge in [-0.15, -0.1) is 0 Å². The molecular weight excluding hydrogens is 278 g/mol. The fourth-order valence-electron chi connectivity index (χ4n) is 2.89. The Morgan fingerprint density at radius 1 is 1.10 bits per heavy atom. The van der Waals surface area contributed by atoms with E-state index in [4.69, 9.17) is 4.74 Å². The molecule has 1 saturated heterocycles. The van der Waals surface area contributed by atoms with Crippen LogP contribution >= 0.6 is 11.8 Å². The predicted octanol–water partition coefficient (Wildman–Crippen LogP) is 4.64. The van der Waals surface area contributed by atoms with Crippen molar-refractivity contribution in [3.05, 3.63) is 47.7 Å². The number of benzene rings is 1. The van der Waals surface area contributed by atoms with E-state index in [-0.39, 0.29) is 0 Å². The first kappa shape index (κ1) is 14.5. The zero-order chi connectivity index (χ0) is 14.7. The summed E-state index contributed by atoms with van der Waals surface area (Å²) in [5.74, 6) is 3.44. The van der Waals surface area contributed by atoms with Crippen LogP contribution in [-0.2, 0) is 0 Å². The van der Waals surface area contributed by atoms with Crippen molar-refractivity contribution in [3.63, 3.8) is 0 Å². The molecule has 0 N–H and O–H groups in total. The molecule has 1 aromatic carbocycles. The van der Waals surface area contributed by atoms with Crippen molar-refractivity contribution in [3.8, 4) is 17.0 Å². The summed E-state index contributed by atoms with van der Waals surface area (Å²) in [6, 6.07) is 10.4. The zero-order valence-corrected chi connectivity index (χ0v) is 13.5. The molecule has 0 amide bonds. The maximum absolute atomic E-state index is 6.17. The van der Waals surface area contributed by atoms with Crippen LogP contribution in [0.1, 0.15) is 24.0 Å². The molecule has 0 bridgehead atoms. The van der Waals surface area contributed by atoms with E-state index in [1.54, 1.807) is 0 Å². The van der Waals surface area contributed by atoms with Gasteiger partial charge in [0.15, 0.2) is 0 Å². The third-order valence-corrected chi connectivity index (χ3v) is 4.95. The van der Waals surface area contributed by atoms with Gasteiger partial charge >= 0.3 is 0 Å². The second-order valence-corrected chi connectivity index (χ2v) is 6.80. The molecule has 1 aromatic heterocycles. The topological polar surface area (TPSA) is 22.1 Å². The smallest absolute Gasteiger partial charge is 0.120 e. The highest BCUT2D eigenvalue weighted by Crippen LogP contribution is 2.31. The van der Waals surface area contributed by atoms with E-state index in [9.17, 15) is 0 Å². The number of hydrogen-bond acceptors (Lipinski definition) is 3. The highest BCUT2D eigenvalue weighted by atomic mass is 32.2. The summed E-state index contributed by atoms with van der Waals surface area (Å²) in [6.45, 7) is 4.28. The van der Waals surface area contributed by atoms with Gasteiger partial charge < -0.3 is 4.74 Å². The Hall–Kier alpha value is -1.48. The SMILES string of the molecule is Cc1cc(OC2CCSCC2)cc(C)c1-c1ccccn1. The minimum absolute atomic E-state index is 0.380. The number of aromatic nitrogens is 1. The number of ether oxygens (including phenoxy) is 1. The zero-order valence-electron chi connectivity index (χ0n) is 12.6. The van der Waals surface area contributed by atoms with Crippen LogP contribution < -0.4 is 4.74 Å². The molecule has 110 valence electrons. The molecule has 0 spiro atoms. The van der Waals surface area contributed by atoms with Crippen molar-refractivity contribution in [2.24, 2.45) is 0 Å². The molecule has 2 heterocycles. The molecule has 21 heavy (non-hydrogen) atoms. The predicted molar refractivity (Wildman–Crippen MR) is 90.1 cm³/mol. The van der Waals surface area contributed by atoms with Gasteiger partial charge in [0.25, 0.3) is 0 Å². The van der Waals surface area contributed by atoms with E-state index in [1.165, 1.54) is 28.2 Å². The van der Waals surface area contributed by atoms with Crippen LogP contribution in [0.4, 0.5) is 0 Å². The number of thioether (sulfide) groups is 1. The van der Waals surface area contributed by atoms with Crippen LogP contribution in [0.15, 0.2) is 36.5 Å². The van der Waals surface area contributed by atoms with E-state index < -0.39 is 0 Å². The van der Waals surface area contributed by atoms with Gasteiger partial charge in [-0.25, -0.2) is 0 Å². The summed E-state index contributed by atoms with van der Waals surface area (Å²) < 4.78 is 6.17. The third kappa shape index (κ3) is 3.41. The fourth-order valence-corrected chi connectivity index (χ4v) is 3.96. The number of pyridine rings is 1. The highest BCUT2D eigenvalue weighted by molar-refractivity contribution is 7.99. The average Bonchev–Trinajstić information content (AvgIpc) is 2.49. The molecule has 1 aliphatic heterocycles. The molecule has 0 aliphatic carbocycles. The molecule has 3 heteroatoms. The molecule has 1 fully saturated rings. The highest BCUT2D eigenvalue weighted by Gasteiger charge is 2.16. The van der Waals surface area contributed by atoms with Crippen LogP contribution in [0.5, 0.6) is 5.75 Å². The van der Waals surface area contributed by atoms with Gasteiger partial charge in [0.1, 0.15) is 11.9 Å². The minimum Gasteiger partial charge on any atom is -0.490 e. The van der Waals surface area contributed by atoms with Gasteiger partial charge in [-0.3, -0.25) is 4.98 Å². The van der Waals surface area contributed by atoms with Gasteiger partial charge in [-0.2, -0.15) is 11.8 Å². The lowest BCUT2D eigenvalue weighted by atomic mass is 9.99. The van der Waals surface area contributed by atoms with Crippen molar-refractivity contribution >= 4 is 11.8 Å². The largest absolute Gasteiger partial charge is 0.490 e. The first-order valence-electron chi connectivity index (χ1n) is 7.51. The molecule has 2 nitrogen and oxygen atoms in total. The summed E-state index contributed by atoms with van der Waals surface area (Å²) in [5.41, 5.74) is 4.72. The number of hydrogen-bond donors (Lipinski definition) is 0. The number of aryl methyl sites for hydroxylation is 2. The molecule has 0 atom stereocenters. The van der Waals surface area contributed by atoms with Gasteiger partial charge in [0, 0.05) is 11.8 Å². The van der Waals surface area contributed by atoms with E-state index in [0.29, 0.717) is 6.10 Å². The van der Waals surface area contributed by atoms with Crippen LogP contribution in [0.25, 0.3) is 11.3 Å². The average molecular weight is 299 g/mol.